The number of nitrogens with zero attached hydrogens (tertiary/aromatic N) is 3. The first-order chi connectivity index (χ1) is 9.89. The van der Waals surface area contributed by atoms with Crippen molar-refractivity contribution < 1.29 is 8.42 Å². The van der Waals surface area contributed by atoms with Gasteiger partial charge >= 0.3 is 0 Å². The Labute approximate surface area is 128 Å². The lowest BCUT2D eigenvalue weighted by atomic mass is 10.0. The van der Waals surface area contributed by atoms with Gasteiger partial charge < -0.3 is 5.73 Å². The number of benzene rings is 1. The number of rotatable bonds is 2. The highest BCUT2D eigenvalue weighted by Gasteiger charge is 2.32. The maximum Gasteiger partial charge on any atom is 0.262 e. The molecule has 8 heteroatoms. The number of fused-ring (bicyclic) bond motifs is 1. The minimum absolute atomic E-state index is 0.0246. The van der Waals surface area contributed by atoms with E-state index in [0.29, 0.717) is 25.2 Å². The maximum atomic E-state index is 12.7. The molecule has 1 aliphatic rings. The number of sulfonamides is 1. The zero-order valence-corrected chi connectivity index (χ0v) is 13.0. The monoisotopic (exact) mass is 326 g/mol. The number of anilines is 1. The Bertz CT molecular complexity index is 781. The summed E-state index contributed by atoms with van der Waals surface area (Å²) in [6.45, 7) is 0.713. The first-order valence-electron chi connectivity index (χ1n) is 6.44. The van der Waals surface area contributed by atoms with Crippen molar-refractivity contribution in [2.24, 2.45) is 7.05 Å². The van der Waals surface area contributed by atoms with Crippen LogP contribution >= 0.6 is 11.6 Å². The molecule has 1 aliphatic heterocycles. The van der Waals surface area contributed by atoms with Gasteiger partial charge in [-0.3, -0.25) is 4.68 Å². The van der Waals surface area contributed by atoms with Crippen molar-refractivity contribution in [3.63, 3.8) is 0 Å². The van der Waals surface area contributed by atoms with Gasteiger partial charge in [-0.2, -0.15) is 9.40 Å². The summed E-state index contributed by atoms with van der Waals surface area (Å²) >= 11 is 5.97. The number of hydrogen-bond acceptors (Lipinski definition) is 4. The van der Waals surface area contributed by atoms with E-state index in [1.165, 1.54) is 15.2 Å². The van der Waals surface area contributed by atoms with Gasteiger partial charge in [0.1, 0.15) is 0 Å². The highest BCUT2D eigenvalue weighted by Crippen LogP contribution is 2.29. The van der Waals surface area contributed by atoms with E-state index in [2.05, 4.69) is 5.10 Å². The van der Waals surface area contributed by atoms with Gasteiger partial charge in [-0.05, 0) is 29.7 Å². The Morgan fingerprint density at radius 1 is 1.33 bits per heavy atom. The van der Waals surface area contributed by atoms with Crippen LogP contribution in [-0.2, 0) is 30.0 Å². The Balaban J connectivity index is 1.99. The van der Waals surface area contributed by atoms with Gasteiger partial charge in [0.05, 0.1) is 11.2 Å². The van der Waals surface area contributed by atoms with E-state index in [4.69, 9.17) is 17.3 Å². The van der Waals surface area contributed by atoms with Crippen LogP contribution in [-0.4, -0.2) is 29.0 Å². The van der Waals surface area contributed by atoms with E-state index < -0.39 is 10.0 Å². The molecular formula is C13H15ClN4O2S. The Kier molecular flexibility index (Phi) is 3.43. The van der Waals surface area contributed by atoms with Crippen molar-refractivity contribution >= 4 is 27.3 Å². The summed E-state index contributed by atoms with van der Waals surface area (Å²) < 4.78 is 28.2. The van der Waals surface area contributed by atoms with Gasteiger partial charge in [0.15, 0.2) is 5.03 Å². The summed E-state index contributed by atoms with van der Waals surface area (Å²) in [6, 6.07) is 5.61. The van der Waals surface area contributed by atoms with Gasteiger partial charge in [-0.15, -0.1) is 0 Å². The lowest BCUT2D eigenvalue weighted by Gasteiger charge is -2.28. The van der Waals surface area contributed by atoms with E-state index >= 15 is 0 Å². The second-order valence-corrected chi connectivity index (χ2v) is 7.30. The van der Waals surface area contributed by atoms with E-state index in [-0.39, 0.29) is 10.0 Å². The van der Waals surface area contributed by atoms with Crippen molar-refractivity contribution in [3.05, 3.63) is 40.5 Å². The first kappa shape index (κ1) is 14.4. The smallest absolute Gasteiger partial charge is 0.262 e. The molecule has 0 spiro atoms. The third-order valence-electron chi connectivity index (χ3n) is 3.63. The van der Waals surface area contributed by atoms with Gasteiger partial charge in [0.2, 0.25) is 0 Å². The van der Waals surface area contributed by atoms with Gasteiger partial charge in [-0.1, -0.05) is 17.7 Å². The van der Waals surface area contributed by atoms with Crippen molar-refractivity contribution in [1.82, 2.24) is 14.1 Å². The molecule has 0 saturated heterocycles. The largest absolute Gasteiger partial charge is 0.399 e. The third-order valence-corrected chi connectivity index (χ3v) is 5.99. The summed E-state index contributed by atoms with van der Waals surface area (Å²) in [7, 11) is -2.11. The molecule has 3 rings (SSSR count). The van der Waals surface area contributed by atoms with Crippen LogP contribution in [0.5, 0.6) is 0 Å². The van der Waals surface area contributed by atoms with Crippen LogP contribution in [0.25, 0.3) is 0 Å². The zero-order chi connectivity index (χ0) is 15.2. The molecular weight excluding hydrogens is 312 g/mol. The fourth-order valence-electron chi connectivity index (χ4n) is 2.57. The summed E-state index contributed by atoms with van der Waals surface area (Å²) in [5, 5.41) is 4.05. The minimum atomic E-state index is -3.67. The summed E-state index contributed by atoms with van der Waals surface area (Å²) in [5.74, 6) is 0. The van der Waals surface area contributed by atoms with Crippen LogP contribution in [0.2, 0.25) is 5.02 Å². The summed E-state index contributed by atoms with van der Waals surface area (Å²) in [4.78, 5) is 0. The Morgan fingerprint density at radius 2 is 2.10 bits per heavy atom. The van der Waals surface area contributed by atoms with E-state index in [0.717, 1.165) is 11.1 Å². The number of aryl methyl sites for hydroxylation is 1. The van der Waals surface area contributed by atoms with E-state index in [1.54, 1.807) is 7.05 Å². The van der Waals surface area contributed by atoms with Gasteiger partial charge in [0, 0.05) is 25.8 Å². The highest BCUT2D eigenvalue weighted by molar-refractivity contribution is 7.89. The molecule has 0 amide bonds. The van der Waals surface area contributed by atoms with Gasteiger partial charge in [-0.25, -0.2) is 8.42 Å². The highest BCUT2D eigenvalue weighted by atomic mass is 35.5. The van der Waals surface area contributed by atoms with E-state index in [9.17, 15) is 8.42 Å². The molecule has 0 unspecified atom stereocenters. The lowest BCUT2D eigenvalue weighted by molar-refractivity contribution is 0.386. The Morgan fingerprint density at radius 3 is 2.76 bits per heavy atom. The first-order valence-corrected chi connectivity index (χ1v) is 8.26. The average molecular weight is 327 g/mol. The molecule has 6 nitrogen and oxygen atoms in total. The van der Waals surface area contributed by atoms with Crippen LogP contribution in [0.1, 0.15) is 11.1 Å². The molecule has 0 radical (unpaired) electrons. The maximum absolute atomic E-state index is 12.7. The second kappa shape index (κ2) is 5.01. The van der Waals surface area contributed by atoms with E-state index in [1.807, 2.05) is 18.2 Å². The molecule has 112 valence electrons. The second-order valence-electron chi connectivity index (χ2n) is 5.04. The normalized spacial score (nSPS) is 15.9. The summed E-state index contributed by atoms with van der Waals surface area (Å²) in [6.07, 6.45) is 1.99. The number of hydrogen-bond donors (Lipinski definition) is 1. The number of halogens is 1. The molecule has 2 N–H and O–H groups in total. The standard InChI is InChI=1S/C13H15ClN4O2S/c1-17-13(12(14)7-16-17)21(19,20)18-5-4-9-2-3-11(15)6-10(9)8-18/h2-3,6-7H,4-5,8,15H2,1H3. The molecule has 1 aromatic carbocycles. The molecule has 21 heavy (non-hydrogen) atoms. The van der Waals surface area contributed by atoms with Crippen molar-refractivity contribution in [2.75, 3.05) is 12.3 Å². The third kappa shape index (κ3) is 2.41. The minimum Gasteiger partial charge on any atom is -0.399 e. The van der Waals surface area contributed by atoms with Gasteiger partial charge in [0.25, 0.3) is 10.0 Å². The average Bonchev–Trinajstić information content (AvgIpc) is 2.77. The lowest BCUT2D eigenvalue weighted by Crippen LogP contribution is -2.37. The molecule has 0 bridgehead atoms. The van der Waals surface area contributed by atoms with Crippen molar-refractivity contribution in [3.8, 4) is 0 Å². The van der Waals surface area contributed by atoms with Crippen LogP contribution in [0.15, 0.2) is 29.4 Å². The molecule has 0 atom stereocenters. The molecule has 0 aliphatic carbocycles. The fourth-order valence-corrected chi connectivity index (χ4v) is 4.59. The number of nitrogen functional groups attached to an aromatic ring is 1. The predicted molar refractivity (Wildman–Crippen MR) is 80.4 cm³/mol. The zero-order valence-electron chi connectivity index (χ0n) is 11.5. The fraction of sp³-hybridized carbons (Fsp3) is 0.308. The van der Waals surface area contributed by atoms with Crippen LogP contribution in [0.3, 0.4) is 0 Å². The molecule has 0 fully saturated rings. The van der Waals surface area contributed by atoms with Crippen molar-refractivity contribution in [2.45, 2.75) is 18.0 Å². The Hall–Kier alpha value is -1.57. The van der Waals surface area contributed by atoms with Crippen molar-refractivity contribution in [1.29, 1.82) is 0 Å². The quantitative estimate of drug-likeness (QED) is 0.846. The molecule has 2 heterocycles. The molecule has 1 aromatic heterocycles. The van der Waals surface area contributed by atoms with Crippen LogP contribution in [0.4, 0.5) is 5.69 Å². The SMILES string of the molecule is Cn1ncc(Cl)c1S(=O)(=O)N1CCc2ccc(N)cc2C1. The van der Waals surface area contributed by atoms with Crippen LogP contribution in [0, 0.1) is 0 Å². The molecule has 0 saturated carbocycles. The number of nitrogens with two attached hydrogens (primary N) is 1. The topological polar surface area (TPSA) is 81.2 Å². The summed E-state index contributed by atoms with van der Waals surface area (Å²) in [5.41, 5.74) is 8.47. The number of aromatic nitrogens is 2. The predicted octanol–water partition coefficient (Wildman–Crippen LogP) is 1.40. The van der Waals surface area contributed by atoms with Crippen LogP contribution < -0.4 is 5.73 Å². The molecule has 2 aromatic rings.